The zero-order chi connectivity index (χ0) is 17.3. The van der Waals surface area contributed by atoms with Crippen molar-refractivity contribution in [2.24, 2.45) is 0 Å². The highest BCUT2D eigenvalue weighted by atomic mass is 79.9. The van der Waals surface area contributed by atoms with Gasteiger partial charge in [0, 0.05) is 14.6 Å². The van der Waals surface area contributed by atoms with Crippen molar-refractivity contribution in [2.75, 3.05) is 10.6 Å². The Bertz CT molecular complexity index is 964. The third-order valence-electron chi connectivity index (χ3n) is 3.48. The first-order chi connectivity index (χ1) is 11.4. The molecule has 1 heterocycles. The number of fused-ring (bicyclic) bond motifs is 1. The smallest absolute Gasteiger partial charge is 0.323 e. The molecule has 0 aliphatic rings. The van der Waals surface area contributed by atoms with Crippen LogP contribution in [-0.4, -0.2) is 21.9 Å². The number of benzene rings is 2. The van der Waals surface area contributed by atoms with Gasteiger partial charge in [-0.2, -0.15) is 0 Å². The minimum atomic E-state index is -0.455. The minimum Gasteiger partial charge on any atom is -0.374 e. The summed E-state index contributed by atoms with van der Waals surface area (Å²) >= 11 is 6.79. The first-order valence-electron chi connectivity index (χ1n) is 7.17. The fourth-order valence-corrected chi connectivity index (χ4v) is 3.42. The number of rotatable bonds is 4. The Morgan fingerprint density at radius 3 is 2.58 bits per heavy atom. The van der Waals surface area contributed by atoms with Crippen molar-refractivity contribution < 1.29 is 4.79 Å². The van der Waals surface area contributed by atoms with Crippen LogP contribution < -0.4 is 16.3 Å². The van der Waals surface area contributed by atoms with Gasteiger partial charge in [0.1, 0.15) is 6.04 Å². The number of nitrogens with one attached hydrogen (secondary N) is 4. The van der Waals surface area contributed by atoms with Crippen LogP contribution in [-0.2, 0) is 4.79 Å². The maximum atomic E-state index is 12.4. The molecule has 0 aliphatic heterocycles. The van der Waals surface area contributed by atoms with E-state index in [1.54, 1.807) is 19.1 Å². The highest BCUT2D eigenvalue weighted by molar-refractivity contribution is 9.11. The number of hydrogen-bond acceptors (Lipinski definition) is 3. The molecule has 0 fully saturated rings. The third-order valence-corrected chi connectivity index (χ3v) is 4.63. The molecule has 1 atom stereocenters. The number of aromatic amines is 2. The van der Waals surface area contributed by atoms with E-state index in [9.17, 15) is 9.59 Å². The first kappa shape index (κ1) is 16.8. The number of anilines is 2. The summed E-state index contributed by atoms with van der Waals surface area (Å²) in [4.78, 5) is 29.0. The van der Waals surface area contributed by atoms with Crippen LogP contribution in [0.1, 0.15) is 6.92 Å². The van der Waals surface area contributed by atoms with Crippen molar-refractivity contribution in [3.63, 3.8) is 0 Å². The summed E-state index contributed by atoms with van der Waals surface area (Å²) in [5.41, 5.74) is 2.60. The van der Waals surface area contributed by atoms with E-state index in [2.05, 4.69) is 52.5 Å². The van der Waals surface area contributed by atoms with Gasteiger partial charge in [-0.15, -0.1) is 0 Å². The van der Waals surface area contributed by atoms with Crippen LogP contribution in [0.2, 0.25) is 0 Å². The molecule has 0 saturated heterocycles. The summed E-state index contributed by atoms with van der Waals surface area (Å²) in [5, 5.41) is 5.99. The van der Waals surface area contributed by atoms with Gasteiger partial charge in [-0.1, -0.05) is 15.9 Å². The molecule has 8 heteroatoms. The minimum absolute atomic E-state index is 0.166. The van der Waals surface area contributed by atoms with Gasteiger partial charge in [0.05, 0.1) is 16.7 Å². The number of aromatic nitrogens is 2. The van der Waals surface area contributed by atoms with Gasteiger partial charge in [-0.25, -0.2) is 4.79 Å². The molecule has 0 spiro atoms. The van der Waals surface area contributed by atoms with Crippen LogP contribution in [0.3, 0.4) is 0 Å². The Hall–Kier alpha value is -2.06. The van der Waals surface area contributed by atoms with Crippen molar-refractivity contribution in [1.29, 1.82) is 0 Å². The Kier molecular flexibility index (Phi) is 4.77. The lowest BCUT2D eigenvalue weighted by atomic mass is 10.2. The zero-order valence-electron chi connectivity index (χ0n) is 12.6. The van der Waals surface area contributed by atoms with Crippen molar-refractivity contribution in [2.45, 2.75) is 13.0 Å². The second-order valence-corrected chi connectivity index (χ2v) is 7.09. The molecule has 3 aromatic rings. The van der Waals surface area contributed by atoms with E-state index in [1.807, 2.05) is 24.3 Å². The first-order valence-corrected chi connectivity index (χ1v) is 8.75. The average Bonchev–Trinajstić information content (AvgIpc) is 2.89. The second-order valence-electron chi connectivity index (χ2n) is 5.32. The summed E-state index contributed by atoms with van der Waals surface area (Å²) in [6.45, 7) is 1.77. The maximum absolute atomic E-state index is 12.4. The largest absolute Gasteiger partial charge is 0.374 e. The molecule has 4 N–H and O–H groups in total. The topological polar surface area (TPSA) is 89.8 Å². The molecule has 3 rings (SSSR count). The van der Waals surface area contributed by atoms with Gasteiger partial charge in [0.2, 0.25) is 5.91 Å². The third kappa shape index (κ3) is 3.70. The van der Waals surface area contributed by atoms with Gasteiger partial charge >= 0.3 is 5.69 Å². The highest BCUT2D eigenvalue weighted by Gasteiger charge is 2.14. The number of halogens is 2. The molecular weight excluding hydrogens is 440 g/mol. The van der Waals surface area contributed by atoms with E-state index in [1.165, 1.54) is 0 Å². The molecule has 24 heavy (non-hydrogen) atoms. The average molecular weight is 454 g/mol. The summed E-state index contributed by atoms with van der Waals surface area (Å²) in [6.07, 6.45) is 0. The van der Waals surface area contributed by atoms with Crippen molar-refractivity contribution in [3.05, 3.63) is 55.8 Å². The molecule has 1 amide bonds. The Labute approximate surface area is 154 Å². The lowest BCUT2D eigenvalue weighted by molar-refractivity contribution is -0.116. The molecule has 0 radical (unpaired) electrons. The van der Waals surface area contributed by atoms with Crippen LogP contribution in [0.15, 0.2) is 50.1 Å². The SMILES string of the molecule is C[C@H](Nc1ccc2[nH]c(=O)[nH]c2c1)C(=O)Nc1ccc(Br)cc1Br. The lowest BCUT2D eigenvalue weighted by Crippen LogP contribution is -2.31. The Balaban J connectivity index is 1.71. The number of imidazole rings is 1. The van der Waals surface area contributed by atoms with Gasteiger partial charge in [-0.05, 0) is 59.3 Å². The molecule has 2 aromatic carbocycles. The van der Waals surface area contributed by atoms with Crippen LogP contribution in [0.5, 0.6) is 0 Å². The van der Waals surface area contributed by atoms with Crippen molar-refractivity contribution >= 4 is 60.2 Å². The van der Waals surface area contributed by atoms with Crippen LogP contribution >= 0.6 is 31.9 Å². The molecule has 0 bridgehead atoms. The van der Waals surface area contributed by atoms with E-state index in [4.69, 9.17) is 0 Å². The lowest BCUT2D eigenvalue weighted by Gasteiger charge is -2.16. The summed E-state index contributed by atoms with van der Waals surface area (Å²) in [7, 11) is 0. The monoisotopic (exact) mass is 452 g/mol. The molecule has 0 saturated carbocycles. The van der Waals surface area contributed by atoms with Crippen LogP contribution in [0.4, 0.5) is 11.4 Å². The van der Waals surface area contributed by atoms with Gasteiger partial charge in [-0.3, -0.25) is 4.79 Å². The zero-order valence-corrected chi connectivity index (χ0v) is 15.8. The highest BCUT2D eigenvalue weighted by Crippen LogP contribution is 2.26. The molecular formula is C16H14Br2N4O2. The number of hydrogen-bond donors (Lipinski definition) is 4. The normalized spacial score (nSPS) is 12.1. The fourth-order valence-electron chi connectivity index (χ4n) is 2.27. The predicted octanol–water partition coefficient (Wildman–Crippen LogP) is 3.82. The predicted molar refractivity (Wildman–Crippen MR) is 102 cm³/mol. The summed E-state index contributed by atoms with van der Waals surface area (Å²) in [5.74, 6) is -0.166. The van der Waals surface area contributed by atoms with Crippen molar-refractivity contribution in [1.82, 2.24) is 9.97 Å². The molecule has 6 nitrogen and oxygen atoms in total. The quantitative estimate of drug-likeness (QED) is 0.484. The summed E-state index contributed by atoms with van der Waals surface area (Å²) in [6, 6.07) is 10.5. The van der Waals surface area contributed by atoms with Crippen LogP contribution in [0, 0.1) is 0 Å². The number of amides is 1. The molecule has 1 aromatic heterocycles. The Morgan fingerprint density at radius 1 is 1.08 bits per heavy atom. The molecule has 0 aliphatic carbocycles. The number of carbonyl (C=O) groups excluding carboxylic acids is 1. The van der Waals surface area contributed by atoms with Crippen molar-refractivity contribution in [3.8, 4) is 0 Å². The van der Waals surface area contributed by atoms with Gasteiger partial charge in [0.15, 0.2) is 0 Å². The van der Waals surface area contributed by atoms with Gasteiger partial charge < -0.3 is 20.6 Å². The van der Waals surface area contributed by atoms with Crippen LogP contribution in [0.25, 0.3) is 11.0 Å². The number of H-pyrrole nitrogens is 2. The maximum Gasteiger partial charge on any atom is 0.323 e. The second kappa shape index (κ2) is 6.82. The number of carbonyl (C=O) groups is 1. The van der Waals surface area contributed by atoms with E-state index in [-0.39, 0.29) is 11.6 Å². The summed E-state index contributed by atoms with van der Waals surface area (Å²) < 4.78 is 1.72. The fraction of sp³-hybridized carbons (Fsp3) is 0.125. The van der Waals surface area contributed by atoms with E-state index >= 15 is 0 Å². The molecule has 0 unspecified atom stereocenters. The van der Waals surface area contributed by atoms with E-state index in [0.717, 1.165) is 20.1 Å². The van der Waals surface area contributed by atoms with Gasteiger partial charge in [0.25, 0.3) is 0 Å². The van der Waals surface area contributed by atoms with E-state index in [0.29, 0.717) is 11.2 Å². The van der Waals surface area contributed by atoms with E-state index < -0.39 is 6.04 Å². The Morgan fingerprint density at radius 2 is 1.83 bits per heavy atom. The standard InChI is InChI=1S/C16H14Br2N4O2/c1-8(15(23)20-12-4-2-9(17)6-11(12)18)19-10-3-5-13-14(7-10)22-16(24)21-13/h2-8,19H,1H3,(H,20,23)(H2,21,22,24)/t8-/m0/s1. The molecule has 124 valence electrons.